The lowest BCUT2D eigenvalue weighted by Gasteiger charge is -2.08. The highest BCUT2D eigenvalue weighted by Gasteiger charge is 2.13. The van der Waals surface area contributed by atoms with E-state index in [2.05, 4.69) is 0 Å². The summed E-state index contributed by atoms with van der Waals surface area (Å²) in [7, 11) is 0. The first-order valence-electron chi connectivity index (χ1n) is 5.70. The quantitative estimate of drug-likeness (QED) is 0.889. The number of benzene rings is 2. The summed E-state index contributed by atoms with van der Waals surface area (Å²) in [5.41, 5.74) is 1.63. The van der Waals surface area contributed by atoms with E-state index in [1.165, 1.54) is 19.1 Å². The van der Waals surface area contributed by atoms with E-state index in [-0.39, 0.29) is 11.1 Å². The van der Waals surface area contributed by atoms with Gasteiger partial charge in [0.2, 0.25) is 0 Å². The van der Waals surface area contributed by atoms with Crippen LogP contribution in [0.25, 0.3) is 11.1 Å². The second-order valence-corrected chi connectivity index (χ2v) is 4.42. The number of halogens is 2. The summed E-state index contributed by atoms with van der Waals surface area (Å²) in [6.45, 7) is 3.20. The van der Waals surface area contributed by atoms with Crippen LogP contribution in [0.1, 0.15) is 21.5 Å². The third kappa shape index (κ3) is 2.47. The Bertz CT molecular complexity index is 663. The van der Waals surface area contributed by atoms with Crippen LogP contribution in [0.15, 0.2) is 30.3 Å². The minimum absolute atomic E-state index is 0.110. The summed E-state index contributed by atoms with van der Waals surface area (Å²) >= 11 is 0. The van der Waals surface area contributed by atoms with Gasteiger partial charge < -0.3 is 5.11 Å². The van der Waals surface area contributed by atoms with Crippen molar-refractivity contribution in [3.63, 3.8) is 0 Å². The molecule has 0 aliphatic carbocycles. The molecule has 4 heteroatoms. The van der Waals surface area contributed by atoms with Crippen LogP contribution in [0.2, 0.25) is 0 Å². The molecule has 98 valence electrons. The van der Waals surface area contributed by atoms with E-state index < -0.39 is 17.6 Å². The summed E-state index contributed by atoms with van der Waals surface area (Å²) < 4.78 is 27.0. The van der Waals surface area contributed by atoms with Crippen molar-refractivity contribution in [1.82, 2.24) is 0 Å². The van der Waals surface area contributed by atoms with Gasteiger partial charge >= 0.3 is 5.97 Å². The van der Waals surface area contributed by atoms with Crippen LogP contribution in [0.5, 0.6) is 0 Å². The van der Waals surface area contributed by atoms with Gasteiger partial charge in [0, 0.05) is 11.6 Å². The molecule has 0 spiro atoms. The Hall–Kier alpha value is -2.23. The molecule has 2 aromatic rings. The van der Waals surface area contributed by atoms with Crippen molar-refractivity contribution in [2.45, 2.75) is 13.8 Å². The number of carbonyl (C=O) groups is 1. The lowest BCUT2D eigenvalue weighted by Crippen LogP contribution is -2.00. The fourth-order valence-electron chi connectivity index (χ4n) is 1.90. The van der Waals surface area contributed by atoms with E-state index in [4.69, 9.17) is 5.11 Å². The molecule has 0 bridgehead atoms. The van der Waals surface area contributed by atoms with Crippen molar-refractivity contribution in [2.75, 3.05) is 0 Å². The van der Waals surface area contributed by atoms with Crippen molar-refractivity contribution < 1.29 is 18.7 Å². The lowest BCUT2D eigenvalue weighted by molar-refractivity contribution is 0.0696. The maximum atomic E-state index is 13.8. The van der Waals surface area contributed by atoms with Crippen LogP contribution >= 0.6 is 0 Å². The minimum atomic E-state index is -1.07. The van der Waals surface area contributed by atoms with Crippen molar-refractivity contribution in [3.8, 4) is 11.1 Å². The second kappa shape index (κ2) is 4.80. The molecular weight excluding hydrogens is 250 g/mol. The molecule has 2 rings (SSSR count). The monoisotopic (exact) mass is 262 g/mol. The molecule has 0 saturated carbocycles. The Morgan fingerprint density at radius 1 is 1.00 bits per heavy atom. The van der Waals surface area contributed by atoms with Gasteiger partial charge in [-0.1, -0.05) is 12.1 Å². The molecule has 0 saturated heterocycles. The highest BCUT2D eigenvalue weighted by Crippen LogP contribution is 2.27. The maximum Gasteiger partial charge on any atom is 0.335 e. The third-order valence-electron chi connectivity index (χ3n) is 3.03. The molecule has 2 nitrogen and oxygen atoms in total. The zero-order chi connectivity index (χ0) is 14.2. The second-order valence-electron chi connectivity index (χ2n) is 4.42. The van der Waals surface area contributed by atoms with E-state index in [9.17, 15) is 13.6 Å². The SMILES string of the molecule is Cc1cc(-c2ccc(C)c(C(=O)O)c2)c(F)cc1F. The molecule has 0 atom stereocenters. The average Bonchev–Trinajstić information content (AvgIpc) is 2.34. The Balaban J connectivity index is 2.63. The summed E-state index contributed by atoms with van der Waals surface area (Å²) in [4.78, 5) is 11.1. The van der Waals surface area contributed by atoms with Crippen molar-refractivity contribution >= 4 is 5.97 Å². The number of carboxylic acid groups (broad SMARTS) is 1. The molecule has 0 unspecified atom stereocenters. The van der Waals surface area contributed by atoms with E-state index in [0.717, 1.165) is 6.07 Å². The standard InChI is InChI=1S/C15H12F2O2/c1-8-3-4-10(6-11(8)15(18)19)12-5-9(2)13(16)7-14(12)17/h3-7H,1-2H3,(H,18,19). The zero-order valence-corrected chi connectivity index (χ0v) is 10.5. The molecular formula is C15H12F2O2. The molecule has 0 radical (unpaired) electrons. The molecule has 0 amide bonds. The van der Waals surface area contributed by atoms with Gasteiger partial charge in [-0.3, -0.25) is 0 Å². The van der Waals surface area contributed by atoms with E-state index in [1.54, 1.807) is 19.1 Å². The predicted octanol–water partition coefficient (Wildman–Crippen LogP) is 3.95. The van der Waals surface area contributed by atoms with Crippen LogP contribution in [-0.2, 0) is 0 Å². The van der Waals surface area contributed by atoms with Crippen LogP contribution in [0.3, 0.4) is 0 Å². The van der Waals surface area contributed by atoms with Crippen LogP contribution in [0.4, 0.5) is 8.78 Å². The van der Waals surface area contributed by atoms with Crippen LogP contribution < -0.4 is 0 Å². The van der Waals surface area contributed by atoms with Crippen molar-refractivity contribution in [1.29, 1.82) is 0 Å². The van der Waals surface area contributed by atoms with Gasteiger partial charge in [-0.05, 0) is 42.7 Å². The maximum absolute atomic E-state index is 13.8. The number of hydrogen-bond donors (Lipinski definition) is 1. The molecule has 1 N–H and O–H groups in total. The fourth-order valence-corrected chi connectivity index (χ4v) is 1.90. The number of aromatic carboxylic acids is 1. The molecule has 0 aliphatic heterocycles. The molecule has 2 aromatic carbocycles. The Kier molecular flexibility index (Phi) is 3.34. The number of hydrogen-bond acceptors (Lipinski definition) is 1. The summed E-state index contributed by atoms with van der Waals surface area (Å²) in [5, 5.41) is 9.05. The molecule has 0 aromatic heterocycles. The van der Waals surface area contributed by atoms with Crippen LogP contribution in [0, 0.1) is 25.5 Å². The van der Waals surface area contributed by atoms with Gasteiger partial charge in [0.05, 0.1) is 5.56 Å². The van der Waals surface area contributed by atoms with E-state index in [0.29, 0.717) is 16.7 Å². The first-order valence-corrected chi connectivity index (χ1v) is 5.70. The van der Waals surface area contributed by atoms with Gasteiger partial charge in [0.15, 0.2) is 0 Å². The topological polar surface area (TPSA) is 37.3 Å². The van der Waals surface area contributed by atoms with Gasteiger partial charge in [-0.25, -0.2) is 13.6 Å². The fraction of sp³-hybridized carbons (Fsp3) is 0.133. The van der Waals surface area contributed by atoms with Gasteiger partial charge in [-0.15, -0.1) is 0 Å². The summed E-state index contributed by atoms with van der Waals surface area (Å²) in [6.07, 6.45) is 0. The Morgan fingerprint density at radius 3 is 2.32 bits per heavy atom. The lowest BCUT2D eigenvalue weighted by atomic mass is 9.98. The molecule has 0 fully saturated rings. The predicted molar refractivity (Wildman–Crippen MR) is 68.2 cm³/mol. The molecule has 0 aliphatic rings. The number of carboxylic acids is 1. The largest absolute Gasteiger partial charge is 0.478 e. The normalized spacial score (nSPS) is 10.5. The summed E-state index contributed by atoms with van der Waals surface area (Å²) in [5.74, 6) is -2.39. The summed E-state index contributed by atoms with van der Waals surface area (Å²) in [6, 6.07) is 6.81. The van der Waals surface area contributed by atoms with Crippen molar-refractivity contribution in [3.05, 3.63) is 58.7 Å². The Morgan fingerprint density at radius 2 is 1.68 bits per heavy atom. The van der Waals surface area contributed by atoms with Crippen LogP contribution in [-0.4, -0.2) is 11.1 Å². The van der Waals surface area contributed by atoms with E-state index >= 15 is 0 Å². The first-order chi connectivity index (χ1) is 8.90. The van der Waals surface area contributed by atoms with Gasteiger partial charge in [0.25, 0.3) is 0 Å². The highest BCUT2D eigenvalue weighted by atomic mass is 19.1. The molecule has 19 heavy (non-hydrogen) atoms. The highest BCUT2D eigenvalue weighted by molar-refractivity contribution is 5.91. The smallest absolute Gasteiger partial charge is 0.335 e. The number of aryl methyl sites for hydroxylation is 2. The van der Waals surface area contributed by atoms with Gasteiger partial charge in [0.1, 0.15) is 11.6 Å². The zero-order valence-electron chi connectivity index (χ0n) is 10.5. The molecule has 0 heterocycles. The Labute approximate surface area is 109 Å². The van der Waals surface area contributed by atoms with E-state index in [1.807, 2.05) is 0 Å². The third-order valence-corrected chi connectivity index (χ3v) is 3.03. The first kappa shape index (κ1) is 13.2. The van der Waals surface area contributed by atoms with Gasteiger partial charge in [-0.2, -0.15) is 0 Å². The minimum Gasteiger partial charge on any atom is -0.478 e. The number of rotatable bonds is 2. The van der Waals surface area contributed by atoms with Crippen molar-refractivity contribution in [2.24, 2.45) is 0 Å². The average molecular weight is 262 g/mol.